The van der Waals surface area contributed by atoms with Gasteiger partial charge < -0.3 is 28.4 Å². The van der Waals surface area contributed by atoms with Crippen molar-refractivity contribution in [3.8, 4) is 23.0 Å². The summed E-state index contributed by atoms with van der Waals surface area (Å²) in [5.41, 5.74) is 4.82. The molecular formula is C107H82N2O18. The van der Waals surface area contributed by atoms with Crippen molar-refractivity contribution in [2.75, 3.05) is 39.5 Å². The van der Waals surface area contributed by atoms with E-state index < -0.39 is 59.7 Å². The van der Waals surface area contributed by atoms with Crippen LogP contribution in [0.1, 0.15) is 235 Å². The fourth-order valence-corrected chi connectivity index (χ4v) is 19.6. The Labute approximate surface area is 726 Å². The summed E-state index contributed by atoms with van der Waals surface area (Å²) in [4.78, 5) is 175. The van der Waals surface area contributed by atoms with Crippen LogP contribution in [-0.2, 0) is 31.8 Å². The summed E-state index contributed by atoms with van der Waals surface area (Å²) in [7, 11) is 0. The Morgan fingerprint density at radius 1 is 0.276 bits per heavy atom. The average molecular weight is 1680 g/mol. The maximum Gasteiger partial charge on any atom is 0.338 e. The lowest BCUT2D eigenvalue weighted by Crippen LogP contribution is -2.41. The van der Waals surface area contributed by atoms with E-state index in [1.165, 1.54) is 23.6 Å². The monoisotopic (exact) mass is 1680 g/mol. The lowest BCUT2D eigenvalue weighted by atomic mass is 9.80. The normalized spacial score (nSPS) is 13.4. The van der Waals surface area contributed by atoms with Gasteiger partial charge in [0.25, 0.3) is 23.6 Å². The number of Topliss-reactive ketones (excluding diaryl/α,β-unsaturated/α-hetero) is 4. The van der Waals surface area contributed by atoms with Crippen LogP contribution >= 0.6 is 0 Å². The number of fused-ring (bicyclic) bond motifs is 6. The number of amides is 4. The van der Waals surface area contributed by atoms with Crippen molar-refractivity contribution < 1.29 is 86.0 Å². The molecule has 0 saturated carbocycles. The zero-order chi connectivity index (χ0) is 87.8. The molecule has 2 heterocycles. The molecule has 0 spiro atoms. The number of carbonyl (C=O) groups excluding carboxylic acids is 12. The fraction of sp³-hybridized carbons (Fsp3) is 0.215. The molecular weight excluding hydrogens is 1600 g/mol. The number of benzene rings is 17. The molecule has 20 heteroatoms. The number of rotatable bonds is 28. The zero-order valence-corrected chi connectivity index (χ0v) is 70.6. The Kier molecular flexibility index (Phi) is 20.1. The predicted molar refractivity (Wildman–Crippen MR) is 488 cm³/mol. The minimum absolute atomic E-state index is 0.00376. The van der Waals surface area contributed by atoms with Crippen molar-refractivity contribution >= 4 is 200 Å². The number of carbonyl (C=O) groups is 12. The van der Waals surface area contributed by atoms with Crippen molar-refractivity contribution in [1.29, 1.82) is 0 Å². The molecule has 0 bridgehead atoms. The number of esters is 4. The molecule has 4 amide bonds. The van der Waals surface area contributed by atoms with Gasteiger partial charge in [-0.2, -0.15) is 0 Å². The SMILES string of the molecule is CCCCOC(=O)c1ccc2c3ccc4c5c(ccc(c6ccc(C(=O)OCCCC)c1c26)c53)C(=O)N(CCc1ccc(Oc2cc3c5c(ccc6c7c(Oc8ccc(CCN9C(=O)c%10ccc%11c%12ccc(C(C)=O)c%13c(C(C)=O)ccc(c%14ccc(c%10c%11%14)C9=O)c%13%12)cc8)cc(C(=O)OCCCC)c8c(C(=O)OCCCC)ccc(c2c56)c87)C(=O)CC3=O)cc1)C4=O. The second kappa shape index (κ2) is 31.7. The van der Waals surface area contributed by atoms with Gasteiger partial charge in [-0.1, -0.05) is 157 Å². The second-order valence-corrected chi connectivity index (χ2v) is 33.3. The highest BCUT2D eigenvalue weighted by Gasteiger charge is 2.40. The Morgan fingerprint density at radius 2 is 0.559 bits per heavy atom. The van der Waals surface area contributed by atoms with E-state index >= 15 is 4.79 Å². The molecule has 0 saturated heterocycles. The van der Waals surface area contributed by atoms with Crippen molar-refractivity contribution in [2.45, 2.75) is 112 Å². The van der Waals surface area contributed by atoms with E-state index in [1.807, 2.05) is 100 Å². The van der Waals surface area contributed by atoms with Gasteiger partial charge in [0.15, 0.2) is 23.1 Å². The quantitative estimate of drug-likeness (QED) is 0.00644. The predicted octanol–water partition coefficient (Wildman–Crippen LogP) is 23.1. The van der Waals surface area contributed by atoms with Gasteiger partial charge in [-0.3, -0.25) is 48.2 Å². The molecule has 2 aliphatic heterocycles. The van der Waals surface area contributed by atoms with Crippen LogP contribution in [0.4, 0.5) is 0 Å². The number of imide groups is 2. The zero-order valence-electron chi connectivity index (χ0n) is 70.6. The lowest BCUT2D eigenvalue weighted by molar-refractivity contribution is 0.0485. The molecule has 0 aromatic heterocycles. The summed E-state index contributed by atoms with van der Waals surface area (Å²) in [6.45, 7) is 11.5. The number of ketones is 4. The van der Waals surface area contributed by atoms with Crippen LogP contribution in [-0.4, -0.2) is 120 Å². The van der Waals surface area contributed by atoms with Crippen LogP contribution in [0, 0.1) is 0 Å². The van der Waals surface area contributed by atoms with Crippen molar-refractivity contribution in [3.05, 3.63) is 260 Å². The number of hydrogen-bond donors (Lipinski definition) is 0. The van der Waals surface area contributed by atoms with Gasteiger partial charge in [-0.15, -0.1) is 0 Å². The first kappa shape index (κ1) is 80.5. The summed E-state index contributed by atoms with van der Waals surface area (Å²) in [6, 6.07) is 52.9. The van der Waals surface area contributed by atoms with E-state index in [0.717, 1.165) is 73.5 Å². The van der Waals surface area contributed by atoms with Gasteiger partial charge in [-0.25, -0.2) is 19.2 Å². The molecule has 17 aromatic rings. The van der Waals surface area contributed by atoms with E-state index in [-0.39, 0.29) is 114 Å². The second-order valence-electron chi connectivity index (χ2n) is 33.3. The number of ether oxygens (including phenoxy) is 6. The van der Waals surface area contributed by atoms with E-state index in [1.54, 1.807) is 109 Å². The minimum atomic E-state index is -0.743. The number of unbranched alkanes of at least 4 members (excludes halogenated alkanes) is 4. The van der Waals surface area contributed by atoms with Gasteiger partial charge in [0.05, 0.1) is 55.1 Å². The maximum absolute atomic E-state index is 15.1. The molecule has 0 radical (unpaired) electrons. The van der Waals surface area contributed by atoms with Gasteiger partial charge in [-0.05, 0) is 218 Å². The average Bonchev–Trinajstić information content (AvgIpc) is 0.697. The molecule has 0 atom stereocenters. The molecule has 0 fully saturated rings. The molecule has 20 rings (SSSR count). The van der Waals surface area contributed by atoms with Crippen LogP contribution in [0.3, 0.4) is 0 Å². The summed E-state index contributed by atoms with van der Waals surface area (Å²) >= 11 is 0. The molecule has 1 aliphatic carbocycles. The van der Waals surface area contributed by atoms with Gasteiger partial charge in [0, 0.05) is 111 Å². The van der Waals surface area contributed by atoms with E-state index in [2.05, 4.69) is 0 Å². The molecule has 628 valence electrons. The van der Waals surface area contributed by atoms with E-state index in [0.29, 0.717) is 163 Å². The smallest absolute Gasteiger partial charge is 0.338 e. The highest BCUT2D eigenvalue weighted by atomic mass is 16.5. The fourth-order valence-electron chi connectivity index (χ4n) is 19.6. The third-order valence-electron chi connectivity index (χ3n) is 25.8. The molecule has 0 unspecified atom stereocenters. The Morgan fingerprint density at radius 3 is 0.929 bits per heavy atom. The Hall–Kier alpha value is -14.9. The third-order valence-corrected chi connectivity index (χ3v) is 25.8. The van der Waals surface area contributed by atoms with Crippen LogP contribution < -0.4 is 9.47 Å². The Balaban J connectivity index is 0.627. The van der Waals surface area contributed by atoms with Crippen LogP contribution in [0.2, 0.25) is 0 Å². The largest absolute Gasteiger partial charge is 0.462 e. The van der Waals surface area contributed by atoms with Crippen molar-refractivity contribution in [3.63, 3.8) is 0 Å². The first-order valence-electron chi connectivity index (χ1n) is 43.4. The van der Waals surface area contributed by atoms with E-state index in [9.17, 15) is 52.7 Å². The van der Waals surface area contributed by atoms with Crippen molar-refractivity contribution in [2.24, 2.45) is 0 Å². The number of hydrogen-bond acceptors (Lipinski definition) is 18. The van der Waals surface area contributed by atoms with Gasteiger partial charge >= 0.3 is 23.9 Å². The standard InChI is InChI=1S/C107H82N2O18/c1-7-11-47-122-104(118)77-40-31-68-66-29-38-75-93-76(39-30-67(89(66)93)69-32-41-78(94(77)90(68)69)105(119)123-48-12-8-2)103(117)109(102(75)116)45-43-56-15-19-58(20-16-56)126-84-51-80-83(113)53-82(112)70-33-34-71-97-85(52-81(107(121)125-50-14-10-4)95-79(106(120)124-49-13-9-3)42-35-72(99(95)97)96(84)98(71)91(70)80)127-59-21-17-57(18-22-59)44-46-108-100(114)73-36-27-64-62-25-23-60(54(5)110)86-61(55(6)111)24-26-63(87(62)86)65-28-37-74(101(108)115)92(73)88(64)65/h15-42,51-52H,7-14,43-50,53H2,1-6H3. The third kappa shape index (κ3) is 12.8. The molecule has 0 N–H and O–H groups in total. The molecule has 20 nitrogen and oxygen atoms in total. The topological polar surface area (TPSA) is 267 Å². The molecule has 3 aliphatic rings. The molecule has 17 aromatic carbocycles. The van der Waals surface area contributed by atoms with E-state index in [4.69, 9.17) is 28.4 Å². The summed E-state index contributed by atoms with van der Waals surface area (Å²) in [6.07, 6.45) is 5.59. The summed E-state index contributed by atoms with van der Waals surface area (Å²) < 4.78 is 37.6. The Bertz CT molecular complexity index is 7530. The van der Waals surface area contributed by atoms with Crippen molar-refractivity contribution in [1.82, 2.24) is 9.80 Å². The summed E-state index contributed by atoms with van der Waals surface area (Å²) in [5.74, 6) is -4.62. The van der Waals surface area contributed by atoms with Crippen LogP contribution in [0.5, 0.6) is 23.0 Å². The number of nitrogens with zero attached hydrogens (tertiary/aromatic N) is 2. The maximum atomic E-state index is 15.1. The highest BCUT2D eigenvalue weighted by molar-refractivity contribution is 6.45. The highest BCUT2D eigenvalue weighted by Crippen LogP contribution is 2.54. The van der Waals surface area contributed by atoms with Gasteiger partial charge in [0.1, 0.15) is 23.0 Å². The first-order valence-corrected chi connectivity index (χ1v) is 43.4. The van der Waals surface area contributed by atoms with Crippen LogP contribution in [0.15, 0.2) is 182 Å². The van der Waals surface area contributed by atoms with Gasteiger partial charge in [0.2, 0.25) is 0 Å². The minimum Gasteiger partial charge on any atom is -0.462 e. The summed E-state index contributed by atoms with van der Waals surface area (Å²) in [5, 5.41) is 14.1. The lowest BCUT2D eigenvalue weighted by Gasteiger charge is -2.28. The first-order chi connectivity index (χ1) is 61.7. The van der Waals surface area contributed by atoms with Crippen LogP contribution in [0.25, 0.3) is 129 Å². The molecule has 127 heavy (non-hydrogen) atoms.